The standard InChI is InChI=1S/C17H37NO/c1-3-5-6-7-8-9-10-11-12-13-14-15-17-18(19)16-4-2/h19H,3-17H2,1-2H3. The van der Waals surface area contributed by atoms with Crippen LogP contribution in [0.25, 0.3) is 0 Å². The monoisotopic (exact) mass is 271 g/mol. The fourth-order valence-electron chi connectivity index (χ4n) is 2.51. The van der Waals surface area contributed by atoms with Crippen molar-refractivity contribution >= 4 is 0 Å². The Hall–Kier alpha value is -0.0800. The van der Waals surface area contributed by atoms with Crippen LogP contribution in [0.15, 0.2) is 0 Å². The lowest BCUT2D eigenvalue weighted by atomic mass is 10.1. The highest BCUT2D eigenvalue weighted by atomic mass is 16.5. The highest BCUT2D eigenvalue weighted by molar-refractivity contribution is 4.50. The van der Waals surface area contributed by atoms with Gasteiger partial charge in [0.25, 0.3) is 0 Å². The molecular weight excluding hydrogens is 234 g/mol. The van der Waals surface area contributed by atoms with E-state index in [1.54, 1.807) is 0 Å². The number of nitrogens with zero attached hydrogens (tertiary/aromatic N) is 1. The lowest BCUT2D eigenvalue weighted by Gasteiger charge is -2.12. The van der Waals surface area contributed by atoms with Gasteiger partial charge >= 0.3 is 0 Å². The summed E-state index contributed by atoms with van der Waals surface area (Å²) < 4.78 is 0. The van der Waals surface area contributed by atoms with Crippen LogP contribution < -0.4 is 0 Å². The van der Waals surface area contributed by atoms with Crippen molar-refractivity contribution in [3.8, 4) is 0 Å². The van der Waals surface area contributed by atoms with Gasteiger partial charge in [-0.05, 0) is 12.8 Å². The van der Waals surface area contributed by atoms with Gasteiger partial charge in [-0.25, -0.2) is 0 Å². The normalized spacial score (nSPS) is 11.4. The Morgan fingerprint density at radius 1 is 0.526 bits per heavy atom. The SMILES string of the molecule is CCCCCCCCCCCCCCN(O)CCC. The van der Waals surface area contributed by atoms with Crippen LogP contribution in [-0.2, 0) is 0 Å². The van der Waals surface area contributed by atoms with Crippen LogP contribution in [0.4, 0.5) is 0 Å². The number of hydrogen-bond donors (Lipinski definition) is 1. The second-order valence-electron chi connectivity index (χ2n) is 5.84. The summed E-state index contributed by atoms with van der Waals surface area (Å²) in [5.41, 5.74) is 0. The molecule has 0 aliphatic rings. The molecule has 0 fully saturated rings. The predicted octanol–water partition coefficient (Wildman–Crippen LogP) is 5.79. The summed E-state index contributed by atoms with van der Waals surface area (Å²) >= 11 is 0. The zero-order valence-corrected chi connectivity index (χ0v) is 13.5. The maximum Gasteiger partial charge on any atom is 0.0238 e. The number of hydroxylamine groups is 2. The lowest BCUT2D eigenvalue weighted by molar-refractivity contribution is -0.0913. The van der Waals surface area contributed by atoms with Gasteiger partial charge in [0, 0.05) is 13.1 Å². The Labute approximate surface area is 121 Å². The molecule has 0 rings (SSSR count). The van der Waals surface area contributed by atoms with Crippen molar-refractivity contribution in [1.29, 1.82) is 0 Å². The Bertz CT molecular complexity index is 161. The van der Waals surface area contributed by atoms with Gasteiger partial charge in [-0.1, -0.05) is 84.5 Å². The summed E-state index contributed by atoms with van der Waals surface area (Å²) in [7, 11) is 0. The largest absolute Gasteiger partial charge is 0.314 e. The Morgan fingerprint density at radius 3 is 1.37 bits per heavy atom. The number of rotatable bonds is 15. The van der Waals surface area contributed by atoms with E-state index in [2.05, 4.69) is 13.8 Å². The van der Waals surface area contributed by atoms with Crippen molar-refractivity contribution < 1.29 is 5.21 Å². The van der Waals surface area contributed by atoms with Gasteiger partial charge in [0.15, 0.2) is 0 Å². The third kappa shape index (κ3) is 15.9. The Morgan fingerprint density at radius 2 is 0.947 bits per heavy atom. The van der Waals surface area contributed by atoms with Crippen molar-refractivity contribution in [2.24, 2.45) is 0 Å². The first-order valence-electron chi connectivity index (χ1n) is 8.75. The van der Waals surface area contributed by atoms with E-state index in [1.807, 2.05) is 0 Å². The maximum atomic E-state index is 9.44. The third-order valence-electron chi connectivity index (χ3n) is 3.75. The summed E-state index contributed by atoms with van der Waals surface area (Å²) in [4.78, 5) is 0. The highest BCUT2D eigenvalue weighted by Crippen LogP contribution is 2.11. The molecule has 0 spiro atoms. The summed E-state index contributed by atoms with van der Waals surface area (Å²) in [5.74, 6) is 0. The Balaban J connectivity index is 2.99. The number of unbranched alkanes of at least 4 members (excludes halogenated alkanes) is 11. The molecule has 0 unspecified atom stereocenters. The van der Waals surface area contributed by atoms with Gasteiger partial charge in [-0.3, -0.25) is 0 Å². The average molecular weight is 271 g/mol. The molecule has 0 saturated carbocycles. The molecule has 19 heavy (non-hydrogen) atoms. The minimum Gasteiger partial charge on any atom is -0.314 e. The molecule has 116 valence electrons. The molecule has 0 aromatic carbocycles. The van der Waals surface area contributed by atoms with Crippen molar-refractivity contribution in [1.82, 2.24) is 5.06 Å². The molecule has 0 bridgehead atoms. The van der Waals surface area contributed by atoms with E-state index in [0.29, 0.717) is 0 Å². The molecule has 0 amide bonds. The molecule has 0 saturated heterocycles. The molecule has 0 heterocycles. The van der Waals surface area contributed by atoms with E-state index >= 15 is 0 Å². The smallest absolute Gasteiger partial charge is 0.0238 e. The molecule has 0 aromatic heterocycles. The average Bonchev–Trinajstić information content (AvgIpc) is 2.40. The van der Waals surface area contributed by atoms with Crippen LogP contribution in [-0.4, -0.2) is 23.4 Å². The first-order chi connectivity index (χ1) is 9.31. The molecule has 0 atom stereocenters. The zero-order valence-electron chi connectivity index (χ0n) is 13.5. The second kappa shape index (κ2) is 16.0. The fourth-order valence-corrected chi connectivity index (χ4v) is 2.51. The van der Waals surface area contributed by atoms with Crippen molar-refractivity contribution in [3.05, 3.63) is 0 Å². The van der Waals surface area contributed by atoms with Crippen LogP contribution in [0.3, 0.4) is 0 Å². The topological polar surface area (TPSA) is 23.5 Å². The van der Waals surface area contributed by atoms with Crippen molar-refractivity contribution in [2.75, 3.05) is 13.1 Å². The molecule has 0 aromatic rings. The quantitative estimate of drug-likeness (QED) is 0.301. The van der Waals surface area contributed by atoms with E-state index in [1.165, 1.54) is 75.7 Å². The van der Waals surface area contributed by atoms with Gasteiger partial charge in [-0.2, -0.15) is 5.06 Å². The first-order valence-corrected chi connectivity index (χ1v) is 8.75. The van der Waals surface area contributed by atoms with E-state index in [4.69, 9.17) is 0 Å². The Kier molecular flexibility index (Phi) is 15.9. The van der Waals surface area contributed by atoms with Crippen LogP contribution in [0.2, 0.25) is 0 Å². The van der Waals surface area contributed by atoms with Crippen LogP contribution >= 0.6 is 0 Å². The second-order valence-corrected chi connectivity index (χ2v) is 5.84. The molecule has 0 aliphatic heterocycles. The minimum atomic E-state index is 0.817. The molecule has 0 aliphatic carbocycles. The van der Waals surface area contributed by atoms with Gasteiger partial charge in [-0.15, -0.1) is 0 Å². The number of hydrogen-bond acceptors (Lipinski definition) is 2. The lowest BCUT2D eigenvalue weighted by Crippen LogP contribution is -2.21. The summed E-state index contributed by atoms with van der Waals surface area (Å²) in [6.07, 6.45) is 17.5. The molecule has 0 radical (unpaired) electrons. The molecule has 2 nitrogen and oxygen atoms in total. The van der Waals surface area contributed by atoms with E-state index < -0.39 is 0 Å². The third-order valence-corrected chi connectivity index (χ3v) is 3.75. The summed E-state index contributed by atoms with van der Waals surface area (Å²) in [6, 6.07) is 0. The molecule has 1 N–H and O–H groups in total. The van der Waals surface area contributed by atoms with Crippen LogP contribution in [0.1, 0.15) is 97.3 Å². The molecular formula is C17H37NO. The summed E-state index contributed by atoms with van der Waals surface area (Å²) in [6.45, 7) is 6.05. The van der Waals surface area contributed by atoms with Gasteiger partial charge in [0.1, 0.15) is 0 Å². The van der Waals surface area contributed by atoms with Crippen molar-refractivity contribution in [3.63, 3.8) is 0 Å². The van der Waals surface area contributed by atoms with Gasteiger partial charge < -0.3 is 5.21 Å². The minimum absolute atomic E-state index is 0.817. The van der Waals surface area contributed by atoms with Crippen molar-refractivity contribution in [2.45, 2.75) is 97.3 Å². The van der Waals surface area contributed by atoms with Gasteiger partial charge in [0.05, 0.1) is 0 Å². The zero-order chi connectivity index (χ0) is 14.2. The predicted molar refractivity (Wildman–Crippen MR) is 84.7 cm³/mol. The fraction of sp³-hybridized carbons (Fsp3) is 1.00. The maximum absolute atomic E-state index is 9.44. The van der Waals surface area contributed by atoms with Gasteiger partial charge in [0.2, 0.25) is 0 Å². The highest BCUT2D eigenvalue weighted by Gasteiger charge is 1.98. The summed E-state index contributed by atoms with van der Waals surface area (Å²) in [5, 5.41) is 10.9. The van der Waals surface area contributed by atoms with Crippen LogP contribution in [0, 0.1) is 0 Å². The van der Waals surface area contributed by atoms with E-state index in [-0.39, 0.29) is 0 Å². The molecule has 2 heteroatoms. The van der Waals surface area contributed by atoms with E-state index in [0.717, 1.165) is 25.9 Å². The first kappa shape index (κ1) is 18.9. The van der Waals surface area contributed by atoms with E-state index in [9.17, 15) is 5.21 Å². The van der Waals surface area contributed by atoms with Crippen LogP contribution in [0.5, 0.6) is 0 Å².